The van der Waals surface area contributed by atoms with Crippen LogP contribution in [0, 0.1) is 0 Å². The third-order valence-electron chi connectivity index (χ3n) is 2.01. The molecule has 2 amide bonds. The predicted octanol–water partition coefficient (Wildman–Crippen LogP) is 1.73. The van der Waals surface area contributed by atoms with Crippen LogP contribution in [0.5, 0.6) is 0 Å². The molecule has 6 nitrogen and oxygen atoms in total. The molecule has 0 spiro atoms. The minimum atomic E-state index is -0.662. The molecule has 1 aromatic rings. The van der Waals surface area contributed by atoms with Crippen molar-refractivity contribution in [3.05, 3.63) is 23.9 Å². The van der Waals surface area contributed by atoms with E-state index in [1.807, 2.05) is 0 Å². The summed E-state index contributed by atoms with van der Waals surface area (Å²) in [4.78, 5) is 27.1. The normalized spacial score (nSPS) is 9.59. The Labute approximate surface area is 104 Å². The number of aromatic nitrogens is 1. The second kappa shape index (κ2) is 6.05. The first-order valence-electron chi connectivity index (χ1n) is 4.78. The highest BCUT2D eigenvalue weighted by Gasteiger charge is 2.14. The number of nitrogens with zero attached hydrogens (tertiary/aromatic N) is 2. The molecule has 0 unspecified atom stereocenters. The molecule has 0 saturated heterocycles. The number of carbonyl (C=O) groups is 2. The summed E-state index contributed by atoms with van der Waals surface area (Å²) < 4.78 is 4.88. The van der Waals surface area contributed by atoms with Gasteiger partial charge >= 0.3 is 11.5 Å². The van der Waals surface area contributed by atoms with E-state index in [0.717, 1.165) is 0 Å². The minimum Gasteiger partial charge on any atom is -0.445 e. The zero-order valence-corrected chi connectivity index (χ0v) is 10.2. The van der Waals surface area contributed by atoms with E-state index in [0.29, 0.717) is 11.4 Å². The molecule has 1 aromatic heterocycles. The van der Waals surface area contributed by atoms with Gasteiger partial charge in [0.05, 0.1) is 0 Å². The standard InChI is InChI=1S/C10H12ClN3O3/c1-12-10(16)17-6-7-4-3-5-13-8(7)14(2)9(11)15/h3-5H,6H2,1-2H3,(H,12,16). The predicted molar refractivity (Wildman–Crippen MR) is 63.1 cm³/mol. The topological polar surface area (TPSA) is 71.5 Å². The first-order chi connectivity index (χ1) is 8.06. The van der Waals surface area contributed by atoms with Gasteiger partial charge in [-0.15, -0.1) is 0 Å². The van der Waals surface area contributed by atoms with Gasteiger partial charge < -0.3 is 10.1 Å². The van der Waals surface area contributed by atoms with Crippen LogP contribution in [0.25, 0.3) is 0 Å². The Morgan fingerprint density at radius 2 is 2.29 bits per heavy atom. The molecule has 0 atom stereocenters. The lowest BCUT2D eigenvalue weighted by Crippen LogP contribution is -2.23. The molecule has 0 aromatic carbocycles. The van der Waals surface area contributed by atoms with Crippen molar-refractivity contribution in [2.24, 2.45) is 0 Å². The van der Waals surface area contributed by atoms with Crippen molar-refractivity contribution in [2.75, 3.05) is 19.0 Å². The molecule has 0 aliphatic heterocycles. The number of amides is 2. The lowest BCUT2D eigenvalue weighted by atomic mass is 10.2. The number of halogens is 1. The molecule has 17 heavy (non-hydrogen) atoms. The smallest absolute Gasteiger partial charge is 0.407 e. The monoisotopic (exact) mass is 257 g/mol. The number of pyridine rings is 1. The summed E-state index contributed by atoms with van der Waals surface area (Å²) in [5, 5.41) is 1.66. The molecular formula is C10H12ClN3O3. The van der Waals surface area contributed by atoms with Gasteiger partial charge in [-0.25, -0.2) is 9.78 Å². The van der Waals surface area contributed by atoms with Gasteiger partial charge in [0.2, 0.25) is 0 Å². The number of carbonyl (C=O) groups excluding carboxylic acids is 2. The number of anilines is 1. The Balaban J connectivity index is 2.84. The van der Waals surface area contributed by atoms with Crippen molar-refractivity contribution in [3.63, 3.8) is 0 Å². The molecule has 0 radical (unpaired) electrons. The summed E-state index contributed by atoms with van der Waals surface area (Å²) in [7, 11) is 2.95. The zero-order chi connectivity index (χ0) is 12.8. The van der Waals surface area contributed by atoms with E-state index in [4.69, 9.17) is 16.3 Å². The van der Waals surface area contributed by atoms with E-state index in [-0.39, 0.29) is 6.61 Å². The number of alkyl carbamates (subject to hydrolysis) is 1. The average molecular weight is 258 g/mol. The summed E-state index contributed by atoms with van der Waals surface area (Å²) >= 11 is 5.35. The van der Waals surface area contributed by atoms with Crippen LogP contribution in [-0.2, 0) is 11.3 Å². The van der Waals surface area contributed by atoms with Gasteiger partial charge in [0.25, 0.3) is 0 Å². The number of hydrogen-bond acceptors (Lipinski definition) is 4. The van der Waals surface area contributed by atoms with Gasteiger partial charge in [-0.1, -0.05) is 6.07 Å². The van der Waals surface area contributed by atoms with Crippen LogP contribution >= 0.6 is 11.6 Å². The van der Waals surface area contributed by atoms with Gasteiger partial charge in [0.15, 0.2) is 0 Å². The highest BCUT2D eigenvalue weighted by molar-refractivity contribution is 6.66. The molecule has 0 fully saturated rings. The number of hydrogen-bond donors (Lipinski definition) is 1. The maximum Gasteiger partial charge on any atom is 0.407 e. The Hall–Kier alpha value is -1.82. The van der Waals surface area contributed by atoms with E-state index in [2.05, 4.69) is 10.3 Å². The fraction of sp³-hybridized carbons (Fsp3) is 0.300. The van der Waals surface area contributed by atoms with E-state index >= 15 is 0 Å². The number of ether oxygens (including phenoxy) is 1. The second-order valence-electron chi connectivity index (χ2n) is 3.12. The van der Waals surface area contributed by atoms with Gasteiger partial charge in [0.1, 0.15) is 12.4 Å². The van der Waals surface area contributed by atoms with Crippen molar-refractivity contribution in [1.29, 1.82) is 0 Å². The van der Waals surface area contributed by atoms with Crippen LogP contribution in [0.4, 0.5) is 15.4 Å². The molecule has 7 heteroatoms. The third kappa shape index (κ3) is 3.60. The number of nitrogens with one attached hydrogen (secondary N) is 1. The lowest BCUT2D eigenvalue weighted by molar-refractivity contribution is 0.142. The van der Waals surface area contributed by atoms with Crippen LogP contribution in [-0.4, -0.2) is 30.5 Å². The van der Waals surface area contributed by atoms with Gasteiger partial charge in [-0.3, -0.25) is 9.69 Å². The van der Waals surface area contributed by atoms with Crippen LogP contribution in [0.3, 0.4) is 0 Å². The largest absolute Gasteiger partial charge is 0.445 e. The zero-order valence-electron chi connectivity index (χ0n) is 9.44. The van der Waals surface area contributed by atoms with Crippen LogP contribution < -0.4 is 10.2 Å². The van der Waals surface area contributed by atoms with Gasteiger partial charge in [-0.05, 0) is 17.7 Å². The Bertz CT molecular complexity index is 425. The summed E-state index contributed by atoms with van der Waals surface area (Å²) in [5.41, 5.74) is 0.590. The maximum atomic E-state index is 11.0. The molecule has 92 valence electrons. The Kier molecular flexibility index (Phi) is 4.71. The van der Waals surface area contributed by atoms with E-state index in [1.165, 1.54) is 25.2 Å². The Morgan fingerprint density at radius 1 is 1.59 bits per heavy atom. The lowest BCUT2D eigenvalue weighted by Gasteiger charge is -2.16. The van der Waals surface area contributed by atoms with E-state index in [9.17, 15) is 9.59 Å². The Morgan fingerprint density at radius 3 is 2.88 bits per heavy atom. The third-order valence-corrected chi connectivity index (χ3v) is 2.27. The molecular weight excluding hydrogens is 246 g/mol. The molecule has 0 saturated carbocycles. The first-order valence-corrected chi connectivity index (χ1v) is 5.15. The molecule has 1 heterocycles. The summed E-state index contributed by atoms with van der Waals surface area (Å²) in [6.45, 7) is 0.0113. The highest BCUT2D eigenvalue weighted by Crippen LogP contribution is 2.18. The van der Waals surface area contributed by atoms with Crippen molar-refractivity contribution in [2.45, 2.75) is 6.61 Å². The summed E-state index contributed by atoms with van der Waals surface area (Å²) in [5.74, 6) is 0.358. The van der Waals surface area contributed by atoms with Gasteiger partial charge in [0, 0.05) is 25.9 Å². The van der Waals surface area contributed by atoms with Crippen LogP contribution in [0.1, 0.15) is 5.56 Å². The molecule has 0 aliphatic carbocycles. The van der Waals surface area contributed by atoms with E-state index in [1.54, 1.807) is 12.1 Å². The van der Waals surface area contributed by atoms with Crippen molar-refractivity contribution in [3.8, 4) is 0 Å². The van der Waals surface area contributed by atoms with Crippen LogP contribution in [0.15, 0.2) is 18.3 Å². The fourth-order valence-electron chi connectivity index (χ4n) is 1.14. The van der Waals surface area contributed by atoms with Crippen molar-refractivity contribution >= 4 is 28.9 Å². The molecule has 0 bridgehead atoms. The first kappa shape index (κ1) is 13.2. The van der Waals surface area contributed by atoms with E-state index < -0.39 is 11.5 Å². The van der Waals surface area contributed by atoms with Gasteiger partial charge in [-0.2, -0.15) is 0 Å². The average Bonchev–Trinajstić information content (AvgIpc) is 2.35. The summed E-state index contributed by atoms with van der Waals surface area (Å²) in [6, 6.07) is 3.38. The van der Waals surface area contributed by atoms with Crippen molar-refractivity contribution in [1.82, 2.24) is 10.3 Å². The highest BCUT2D eigenvalue weighted by atomic mass is 35.5. The molecule has 0 aliphatic rings. The number of rotatable bonds is 3. The van der Waals surface area contributed by atoms with Crippen LogP contribution in [0.2, 0.25) is 0 Å². The molecule has 1 rings (SSSR count). The van der Waals surface area contributed by atoms with Crippen molar-refractivity contribution < 1.29 is 14.3 Å². The fourth-order valence-corrected chi connectivity index (χ4v) is 1.22. The minimum absolute atomic E-state index is 0.0113. The molecule has 1 N–H and O–H groups in total. The second-order valence-corrected chi connectivity index (χ2v) is 3.45. The SMILES string of the molecule is CNC(=O)OCc1cccnc1N(C)C(=O)Cl. The maximum absolute atomic E-state index is 11.0. The summed E-state index contributed by atoms with van der Waals surface area (Å²) in [6.07, 6.45) is 0.967. The quantitative estimate of drug-likeness (QED) is 0.661.